The van der Waals surface area contributed by atoms with E-state index in [1.54, 1.807) is 30.3 Å². The Morgan fingerprint density at radius 1 is 0.938 bits per heavy atom. The maximum absolute atomic E-state index is 12.7. The van der Waals surface area contributed by atoms with Crippen molar-refractivity contribution in [2.75, 3.05) is 0 Å². The number of benzene rings is 3. The zero-order valence-electron chi connectivity index (χ0n) is 16.2. The molecule has 0 aliphatic rings. The molecule has 0 unspecified atom stereocenters. The number of alkyl halides is 3. The van der Waals surface area contributed by atoms with E-state index >= 15 is 0 Å². The van der Waals surface area contributed by atoms with Crippen molar-refractivity contribution in [3.63, 3.8) is 0 Å². The van der Waals surface area contributed by atoms with Crippen LogP contribution in [0.1, 0.15) is 21.5 Å². The smallest absolute Gasteiger partial charge is 0.416 e. The lowest BCUT2D eigenvalue weighted by Crippen LogP contribution is -2.27. The van der Waals surface area contributed by atoms with E-state index in [1.807, 2.05) is 18.2 Å². The Labute approximate surface area is 189 Å². The molecule has 1 amide bonds. The summed E-state index contributed by atoms with van der Waals surface area (Å²) in [5, 5.41) is 11.6. The molecule has 0 fully saturated rings. The zero-order chi connectivity index (χ0) is 23.3. The maximum Gasteiger partial charge on any atom is 0.416 e. The average molecular weight is 506 g/mol. The van der Waals surface area contributed by atoms with Gasteiger partial charge < -0.3 is 15.2 Å². The molecule has 0 heterocycles. The summed E-state index contributed by atoms with van der Waals surface area (Å²) in [4.78, 5) is 23.8. The van der Waals surface area contributed by atoms with Gasteiger partial charge in [0.1, 0.15) is 17.2 Å². The fourth-order valence-electron chi connectivity index (χ4n) is 2.61. The highest BCUT2D eigenvalue weighted by Gasteiger charge is 2.30. The predicted molar refractivity (Wildman–Crippen MR) is 115 cm³/mol. The summed E-state index contributed by atoms with van der Waals surface area (Å²) in [6, 6.07) is 17.2. The molecule has 0 radical (unpaired) electrons. The van der Waals surface area contributed by atoms with E-state index in [2.05, 4.69) is 21.2 Å². The van der Waals surface area contributed by atoms with Crippen LogP contribution < -0.4 is 10.1 Å². The minimum Gasteiger partial charge on any atom is -0.477 e. The van der Waals surface area contributed by atoms with Crippen LogP contribution in [0.15, 0.2) is 83.0 Å². The van der Waals surface area contributed by atoms with Gasteiger partial charge in [-0.1, -0.05) is 24.3 Å². The number of ether oxygens (including phenoxy) is 1. The molecule has 164 valence electrons. The van der Waals surface area contributed by atoms with Crippen molar-refractivity contribution in [3.05, 3.63) is 99.7 Å². The number of carboxylic acids is 1. The van der Waals surface area contributed by atoms with Crippen molar-refractivity contribution in [1.29, 1.82) is 0 Å². The van der Waals surface area contributed by atoms with Crippen LogP contribution in [0, 0.1) is 0 Å². The van der Waals surface area contributed by atoms with Gasteiger partial charge in [-0.25, -0.2) is 4.79 Å². The second kappa shape index (κ2) is 9.69. The molecule has 3 aromatic carbocycles. The Hall–Kier alpha value is -3.59. The van der Waals surface area contributed by atoms with E-state index < -0.39 is 29.3 Å². The number of carboxylic acid groups (broad SMARTS) is 1. The van der Waals surface area contributed by atoms with E-state index in [0.29, 0.717) is 17.1 Å². The van der Waals surface area contributed by atoms with Gasteiger partial charge >= 0.3 is 12.1 Å². The third kappa shape index (κ3) is 5.98. The molecule has 2 N–H and O–H groups in total. The number of rotatable bonds is 6. The Morgan fingerprint density at radius 3 is 2.12 bits per heavy atom. The number of hydrogen-bond donors (Lipinski definition) is 2. The predicted octanol–water partition coefficient (Wildman–Crippen LogP) is 6.12. The van der Waals surface area contributed by atoms with Gasteiger partial charge in [-0.3, -0.25) is 4.79 Å². The van der Waals surface area contributed by atoms with Crippen molar-refractivity contribution >= 4 is 33.9 Å². The van der Waals surface area contributed by atoms with Gasteiger partial charge in [0, 0.05) is 5.56 Å². The van der Waals surface area contributed by atoms with Gasteiger partial charge in [0.2, 0.25) is 0 Å². The van der Waals surface area contributed by atoms with Crippen LogP contribution in [0.25, 0.3) is 6.08 Å². The van der Waals surface area contributed by atoms with Gasteiger partial charge in [-0.15, -0.1) is 0 Å². The van der Waals surface area contributed by atoms with Crippen LogP contribution in [-0.4, -0.2) is 17.0 Å². The molecule has 0 aliphatic carbocycles. The van der Waals surface area contributed by atoms with E-state index in [0.717, 1.165) is 28.7 Å². The number of amides is 1. The average Bonchev–Trinajstić information content (AvgIpc) is 2.75. The second-order valence-corrected chi connectivity index (χ2v) is 7.35. The molecule has 5 nitrogen and oxygen atoms in total. The molecule has 0 aliphatic heterocycles. The topological polar surface area (TPSA) is 75.6 Å². The molecule has 9 heteroatoms. The Kier molecular flexibility index (Phi) is 6.99. The summed E-state index contributed by atoms with van der Waals surface area (Å²) in [6.45, 7) is 0. The highest BCUT2D eigenvalue weighted by molar-refractivity contribution is 9.10. The molecular weight excluding hydrogens is 491 g/mol. The number of hydrogen-bond acceptors (Lipinski definition) is 3. The highest BCUT2D eigenvalue weighted by atomic mass is 79.9. The monoisotopic (exact) mass is 505 g/mol. The number of para-hydroxylation sites is 1. The van der Waals surface area contributed by atoms with Crippen molar-refractivity contribution in [2.45, 2.75) is 6.18 Å². The van der Waals surface area contributed by atoms with Gasteiger partial charge in [0.05, 0.1) is 10.0 Å². The SMILES string of the molecule is O=C(O)/C(=C/c1ccc(Oc2ccccc2Br)cc1)NC(=O)c1ccc(C(F)(F)F)cc1. The number of carbonyl (C=O) groups is 2. The van der Waals surface area contributed by atoms with E-state index in [1.165, 1.54) is 6.08 Å². The first-order valence-corrected chi connectivity index (χ1v) is 9.89. The third-order valence-electron chi connectivity index (χ3n) is 4.21. The normalized spacial score (nSPS) is 11.7. The van der Waals surface area contributed by atoms with Crippen LogP contribution in [-0.2, 0) is 11.0 Å². The molecule has 0 atom stereocenters. The first-order chi connectivity index (χ1) is 15.1. The molecule has 32 heavy (non-hydrogen) atoms. The summed E-state index contributed by atoms with van der Waals surface area (Å²) < 4.78 is 44.5. The van der Waals surface area contributed by atoms with E-state index in [-0.39, 0.29) is 5.56 Å². The lowest BCUT2D eigenvalue weighted by molar-refractivity contribution is -0.137. The Morgan fingerprint density at radius 2 is 1.56 bits per heavy atom. The van der Waals surface area contributed by atoms with Crippen LogP contribution in [0.2, 0.25) is 0 Å². The number of aliphatic carboxylic acids is 1. The number of halogens is 4. The summed E-state index contributed by atoms with van der Waals surface area (Å²) in [5.74, 6) is -1.13. The van der Waals surface area contributed by atoms with Crippen LogP contribution in [0.3, 0.4) is 0 Å². The quantitative estimate of drug-likeness (QED) is 0.396. The largest absolute Gasteiger partial charge is 0.477 e. The van der Waals surface area contributed by atoms with Crippen LogP contribution in [0.5, 0.6) is 11.5 Å². The first-order valence-electron chi connectivity index (χ1n) is 9.09. The second-order valence-electron chi connectivity index (χ2n) is 6.49. The van der Waals surface area contributed by atoms with Gasteiger partial charge in [0.25, 0.3) is 5.91 Å². The van der Waals surface area contributed by atoms with Crippen molar-refractivity contribution in [2.24, 2.45) is 0 Å². The molecular formula is C23H15BrF3NO4. The molecule has 0 saturated heterocycles. The highest BCUT2D eigenvalue weighted by Crippen LogP contribution is 2.30. The molecule has 0 spiro atoms. The van der Waals surface area contributed by atoms with E-state index in [4.69, 9.17) is 4.74 Å². The maximum atomic E-state index is 12.7. The van der Waals surface area contributed by atoms with Crippen LogP contribution >= 0.6 is 15.9 Å². The Balaban J connectivity index is 1.73. The molecule has 3 rings (SSSR count). The zero-order valence-corrected chi connectivity index (χ0v) is 17.8. The Bertz CT molecular complexity index is 1160. The minimum atomic E-state index is -4.53. The molecule has 0 aromatic heterocycles. The van der Waals surface area contributed by atoms with Gasteiger partial charge in [-0.2, -0.15) is 13.2 Å². The van der Waals surface area contributed by atoms with Crippen molar-refractivity contribution in [3.8, 4) is 11.5 Å². The number of nitrogens with one attached hydrogen (secondary N) is 1. The summed E-state index contributed by atoms with van der Waals surface area (Å²) in [7, 11) is 0. The fraction of sp³-hybridized carbons (Fsp3) is 0.0435. The van der Waals surface area contributed by atoms with E-state index in [9.17, 15) is 27.9 Å². The summed E-state index contributed by atoms with van der Waals surface area (Å²) in [5.41, 5.74) is -0.987. The minimum absolute atomic E-state index is 0.109. The summed E-state index contributed by atoms with van der Waals surface area (Å²) in [6.07, 6.45) is -3.31. The third-order valence-corrected chi connectivity index (χ3v) is 4.86. The molecule has 0 saturated carbocycles. The molecule has 3 aromatic rings. The number of carbonyl (C=O) groups excluding carboxylic acids is 1. The lowest BCUT2D eigenvalue weighted by atomic mass is 10.1. The standard InChI is InChI=1S/C23H15BrF3NO4/c24-18-3-1-2-4-20(18)32-17-11-5-14(6-12-17)13-19(22(30)31)28-21(29)15-7-9-16(10-8-15)23(25,26)27/h1-13H,(H,28,29)(H,30,31)/b19-13-. The lowest BCUT2D eigenvalue weighted by Gasteiger charge is -2.09. The van der Waals surface area contributed by atoms with Gasteiger partial charge in [-0.05, 0) is 76.1 Å². The van der Waals surface area contributed by atoms with Crippen molar-refractivity contribution in [1.82, 2.24) is 5.32 Å². The van der Waals surface area contributed by atoms with Gasteiger partial charge in [0.15, 0.2) is 0 Å². The first kappa shape index (κ1) is 23.1. The fourth-order valence-corrected chi connectivity index (χ4v) is 2.98. The molecule has 0 bridgehead atoms. The van der Waals surface area contributed by atoms with Crippen LogP contribution in [0.4, 0.5) is 13.2 Å². The van der Waals surface area contributed by atoms with Crippen molar-refractivity contribution < 1.29 is 32.6 Å². The summed E-state index contributed by atoms with van der Waals surface area (Å²) >= 11 is 3.38.